The maximum absolute atomic E-state index is 12.5. The van der Waals surface area contributed by atoms with E-state index in [1.807, 2.05) is 11.0 Å². The molecule has 1 atom stereocenters. The van der Waals surface area contributed by atoms with Gasteiger partial charge >= 0.3 is 0 Å². The lowest BCUT2D eigenvalue weighted by atomic mass is 9.79. The minimum absolute atomic E-state index is 0.0108. The fourth-order valence-corrected chi connectivity index (χ4v) is 3.39. The third kappa shape index (κ3) is 3.56. The Labute approximate surface area is 138 Å². The van der Waals surface area contributed by atoms with Crippen LogP contribution >= 0.6 is 0 Å². The van der Waals surface area contributed by atoms with Crippen molar-refractivity contribution in [3.63, 3.8) is 0 Å². The number of aryl methyl sites for hydroxylation is 1. The van der Waals surface area contributed by atoms with Gasteiger partial charge in [-0.15, -0.1) is 0 Å². The van der Waals surface area contributed by atoms with E-state index in [1.54, 1.807) is 0 Å². The van der Waals surface area contributed by atoms with E-state index in [-0.39, 0.29) is 17.4 Å². The Hall–Kier alpha value is -1.87. The summed E-state index contributed by atoms with van der Waals surface area (Å²) >= 11 is 0. The van der Waals surface area contributed by atoms with Crippen LogP contribution in [0.3, 0.4) is 0 Å². The van der Waals surface area contributed by atoms with Crippen LogP contribution in [0.25, 0.3) is 10.8 Å². The first-order valence-electron chi connectivity index (χ1n) is 8.47. The SMILES string of the molecule is CC1(C)CN(C(=O)CCc2ccc3ccccc3c2)CCC1N. The van der Waals surface area contributed by atoms with Gasteiger partial charge in [0, 0.05) is 25.6 Å². The zero-order chi connectivity index (χ0) is 16.4. The first-order chi connectivity index (χ1) is 11.0. The molecule has 0 spiro atoms. The summed E-state index contributed by atoms with van der Waals surface area (Å²) in [5.41, 5.74) is 7.39. The van der Waals surface area contributed by atoms with Crippen molar-refractivity contribution >= 4 is 16.7 Å². The largest absolute Gasteiger partial charge is 0.342 e. The highest BCUT2D eigenvalue weighted by Gasteiger charge is 2.34. The predicted octanol–water partition coefficient (Wildman–Crippen LogP) is 3.36. The predicted molar refractivity (Wildman–Crippen MR) is 95.2 cm³/mol. The van der Waals surface area contributed by atoms with E-state index >= 15 is 0 Å². The summed E-state index contributed by atoms with van der Waals surface area (Å²) in [4.78, 5) is 14.5. The van der Waals surface area contributed by atoms with E-state index in [2.05, 4.69) is 50.2 Å². The number of nitrogens with zero attached hydrogens (tertiary/aromatic N) is 1. The van der Waals surface area contributed by atoms with Gasteiger partial charge in [0.2, 0.25) is 5.91 Å². The first-order valence-corrected chi connectivity index (χ1v) is 8.47. The van der Waals surface area contributed by atoms with E-state index in [0.29, 0.717) is 6.42 Å². The van der Waals surface area contributed by atoms with Crippen LogP contribution in [0.5, 0.6) is 0 Å². The summed E-state index contributed by atoms with van der Waals surface area (Å²) < 4.78 is 0. The molecule has 3 nitrogen and oxygen atoms in total. The van der Waals surface area contributed by atoms with Gasteiger partial charge in [0.25, 0.3) is 0 Å². The number of carbonyl (C=O) groups excluding carboxylic acids is 1. The molecule has 0 aromatic heterocycles. The van der Waals surface area contributed by atoms with Gasteiger partial charge in [0.15, 0.2) is 0 Å². The van der Waals surface area contributed by atoms with Gasteiger partial charge in [-0.25, -0.2) is 0 Å². The Balaban J connectivity index is 1.62. The minimum atomic E-state index is 0.0108. The molecule has 0 aliphatic carbocycles. The van der Waals surface area contributed by atoms with Crippen LogP contribution in [0.2, 0.25) is 0 Å². The second kappa shape index (κ2) is 6.32. The van der Waals surface area contributed by atoms with Gasteiger partial charge in [-0.2, -0.15) is 0 Å². The molecule has 1 heterocycles. The Kier molecular flexibility index (Phi) is 4.40. The highest BCUT2D eigenvalue weighted by molar-refractivity contribution is 5.83. The molecule has 0 bridgehead atoms. The van der Waals surface area contributed by atoms with Crippen molar-refractivity contribution in [1.29, 1.82) is 0 Å². The average Bonchev–Trinajstić information content (AvgIpc) is 2.55. The number of piperidine rings is 1. The second-order valence-corrected chi connectivity index (χ2v) is 7.38. The van der Waals surface area contributed by atoms with Crippen LogP contribution in [-0.2, 0) is 11.2 Å². The zero-order valence-electron chi connectivity index (χ0n) is 14.1. The number of hydrogen-bond donors (Lipinski definition) is 1. The average molecular weight is 310 g/mol. The normalized spacial score (nSPS) is 20.7. The topological polar surface area (TPSA) is 46.3 Å². The zero-order valence-corrected chi connectivity index (χ0v) is 14.1. The number of likely N-dealkylation sites (tertiary alicyclic amines) is 1. The van der Waals surface area contributed by atoms with Gasteiger partial charge in [-0.3, -0.25) is 4.79 Å². The Morgan fingerprint density at radius 3 is 2.70 bits per heavy atom. The summed E-state index contributed by atoms with van der Waals surface area (Å²) in [7, 11) is 0. The number of hydrogen-bond acceptors (Lipinski definition) is 2. The van der Waals surface area contributed by atoms with Crippen LogP contribution in [0.15, 0.2) is 42.5 Å². The van der Waals surface area contributed by atoms with E-state index in [1.165, 1.54) is 16.3 Å². The molecular weight excluding hydrogens is 284 g/mol. The molecule has 1 unspecified atom stereocenters. The molecule has 122 valence electrons. The third-order valence-corrected chi connectivity index (χ3v) is 5.11. The number of nitrogens with two attached hydrogens (primary N) is 1. The molecule has 23 heavy (non-hydrogen) atoms. The Morgan fingerprint density at radius 1 is 1.22 bits per heavy atom. The number of fused-ring (bicyclic) bond motifs is 1. The van der Waals surface area contributed by atoms with Crippen molar-refractivity contribution in [3.8, 4) is 0 Å². The number of carbonyl (C=O) groups is 1. The molecular formula is C20H26N2O. The summed E-state index contributed by atoms with van der Waals surface area (Å²) in [6.07, 6.45) is 2.27. The van der Waals surface area contributed by atoms with Gasteiger partial charge in [0.05, 0.1) is 0 Å². The fraction of sp³-hybridized carbons (Fsp3) is 0.450. The van der Waals surface area contributed by atoms with Gasteiger partial charge in [-0.1, -0.05) is 56.3 Å². The van der Waals surface area contributed by atoms with Crippen molar-refractivity contribution < 1.29 is 4.79 Å². The molecule has 0 radical (unpaired) electrons. The lowest BCUT2D eigenvalue weighted by molar-refractivity contribution is -0.134. The molecule has 3 rings (SSSR count). The molecule has 1 fully saturated rings. The molecule has 1 saturated heterocycles. The monoisotopic (exact) mass is 310 g/mol. The molecule has 1 amide bonds. The summed E-state index contributed by atoms with van der Waals surface area (Å²) in [5.74, 6) is 0.248. The van der Waals surface area contributed by atoms with Crippen molar-refractivity contribution in [3.05, 3.63) is 48.0 Å². The quantitative estimate of drug-likeness (QED) is 0.945. The Morgan fingerprint density at radius 2 is 1.96 bits per heavy atom. The van der Waals surface area contributed by atoms with Crippen molar-refractivity contribution in [2.24, 2.45) is 11.1 Å². The van der Waals surface area contributed by atoms with Crippen LogP contribution < -0.4 is 5.73 Å². The third-order valence-electron chi connectivity index (χ3n) is 5.11. The van der Waals surface area contributed by atoms with Crippen LogP contribution in [-0.4, -0.2) is 29.9 Å². The summed E-state index contributed by atoms with van der Waals surface area (Å²) in [6, 6.07) is 15.0. The molecule has 2 N–H and O–H groups in total. The molecule has 2 aromatic carbocycles. The highest BCUT2D eigenvalue weighted by Crippen LogP contribution is 2.28. The van der Waals surface area contributed by atoms with Crippen molar-refractivity contribution in [2.45, 2.75) is 39.2 Å². The van der Waals surface area contributed by atoms with Crippen LogP contribution in [0.1, 0.15) is 32.3 Å². The molecule has 1 aliphatic heterocycles. The number of benzene rings is 2. The van der Waals surface area contributed by atoms with E-state index in [4.69, 9.17) is 5.73 Å². The lowest BCUT2D eigenvalue weighted by Gasteiger charge is -2.42. The lowest BCUT2D eigenvalue weighted by Crippen LogP contribution is -2.54. The summed E-state index contributed by atoms with van der Waals surface area (Å²) in [6.45, 7) is 5.87. The van der Waals surface area contributed by atoms with Crippen LogP contribution in [0.4, 0.5) is 0 Å². The summed E-state index contributed by atoms with van der Waals surface area (Å²) in [5, 5.41) is 2.48. The van der Waals surface area contributed by atoms with E-state index < -0.39 is 0 Å². The van der Waals surface area contributed by atoms with Gasteiger partial charge < -0.3 is 10.6 Å². The smallest absolute Gasteiger partial charge is 0.222 e. The van der Waals surface area contributed by atoms with Gasteiger partial charge in [-0.05, 0) is 34.6 Å². The molecule has 0 saturated carbocycles. The fourth-order valence-electron chi connectivity index (χ4n) is 3.39. The molecule has 2 aromatic rings. The van der Waals surface area contributed by atoms with Crippen molar-refractivity contribution in [2.75, 3.05) is 13.1 Å². The molecule has 3 heteroatoms. The molecule has 1 aliphatic rings. The first kappa shape index (κ1) is 16.0. The standard InChI is InChI=1S/C20H26N2O/c1-20(2)14-22(12-11-18(20)21)19(23)10-8-15-7-9-16-5-3-4-6-17(16)13-15/h3-7,9,13,18H,8,10-12,14,21H2,1-2H3. The minimum Gasteiger partial charge on any atom is -0.342 e. The van der Waals surface area contributed by atoms with E-state index in [9.17, 15) is 4.79 Å². The van der Waals surface area contributed by atoms with Gasteiger partial charge in [0.1, 0.15) is 0 Å². The number of rotatable bonds is 3. The van der Waals surface area contributed by atoms with Crippen molar-refractivity contribution in [1.82, 2.24) is 4.90 Å². The van der Waals surface area contributed by atoms with E-state index in [0.717, 1.165) is 25.9 Å². The number of amides is 1. The van der Waals surface area contributed by atoms with Crippen LogP contribution in [0, 0.1) is 5.41 Å². The maximum Gasteiger partial charge on any atom is 0.222 e. The maximum atomic E-state index is 12.5. The second-order valence-electron chi connectivity index (χ2n) is 7.38. The Bertz CT molecular complexity index is 708. The highest BCUT2D eigenvalue weighted by atomic mass is 16.2.